The van der Waals surface area contributed by atoms with Crippen LogP contribution in [0.1, 0.15) is 47.5 Å². The van der Waals surface area contributed by atoms with Crippen molar-refractivity contribution in [2.45, 2.75) is 59.7 Å². The zero-order valence-corrected chi connectivity index (χ0v) is 17.1. The van der Waals surface area contributed by atoms with Gasteiger partial charge in [-0.2, -0.15) is 8.42 Å². The van der Waals surface area contributed by atoms with Crippen molar-refractivity contribution in [3.05, 3.63) is 0 Å². The maximum absolute atomic E-state index is 11.0. The SMILES string of the molecule is CC(=O)CCOP(=O)(O)OC(C)C.CC(C)OS(=O)(=O)OCCC(=O)O. The van der Waals surface area contributed by atoms with Crippen molar-refractivity contribution < 1.29 is 50.0 Å². The molecule has 0 radical (unpaired) electrons. The minimum Gasteiger partial charge on any atom is -0.481 e. The first kappa shape index (κ1) is 27.3. The van der Waals surface area contributed by atoms with Gasteiger partial charge in [-0.3, -0.25) is 18.6 Å². The second kappa shape index (κ2) is 13.3. The van der Waals surface area contributed by atoms with E-state index in [4.69, 9.17) is 10.00 Å². The van der Waals surface area contributed by atoms with Gasteiger partial charge in [0.2, 0.25) is 0 Å². The Morgan fingerprint density at radius 1 is 1.04 bits per heavy atom. The number of rotatable bonds is 12. The van der Waals surface area contributed by atoms with E-state index in [2.05, 4.69) is 17.4 Å². The second-order valence-electron chi connectivity index (χ2n) is 5.43. The highest BCUT2D eigenvalue weighted by atomic mass is 32.3. The summed E-state index contributed by atoms with van der Waals surface area (Å²) < 4.78 is 50.3. The van der Waals surface area contributed by atoms with Crippen molar-refractivity contribution in [1.29, 1.82) is 0 Å². The minimum atomic E-state index is -4.04. The quantitative estimate of drug-likeness (QED) is 0.440. The molecule has 156 valence electrons. The van der Waals surface area contributed by atoms with Gasteiger partial charge in [0.25, 0.3) is 0 Å². The summed E-state index contributed by atoms with van der Waals surface area (Å²) in [6.45, 7) is 7.18. The van der Waals surface area contributed by atoms with Crippen LogP contribution in [0.2, 0.25) is 0 Å². The van der Waals surface area contributed by atoms with Crippen molar-refractivity contribution >= 4 is 30.0 Å². The molecule has 2 N–H and O–H groups in total. The molecule has 1 atom stereocenters. The number of Topliss-reactive ketones (excluding diaryl/α,β-unsaturated/α-hetero) is 1. The van der Waals surface area contributed by atoms with E-state index in [0.717, 1.165) is 0 Å². The van der Waals surface area contributed by atoms with Gasteiger partial charge in [0.1, 0.15) is 5.78 Å². The fourth-order valence-electron chi connectivity index (χ4n) is 1.10. The molecule has 0 saturated carbocycles. The van der Waals surface area contributed by atoms with Crippen LogP contribution in [0.3, 0.4) is 0 Å². The summed E-state index contributed by atoms with van der Waals surface area (Å²) in [5.41, 5.74) is 0. The molecule has 0 saturated heterocycles. The summed E-state index contributed by atoms with van der Waals surface area (Å²) in [4.78, 5) is 29.4. The van der Waals surface area contributed by atoms with Gasteiger partial charge in [0.05, 0.1) is 31.8 Å². The molecule has 26 heavy (non-hydrogen) atoms. The zero-order valence-electron chi connectivity index (χ0n) is 15.4. The monoisotopic (exact) mass is 422 g/mol. The van der Waals surface area contributed by atoms with Crippen LogP contribution in [0.4, 0.5) is 0 Å². The fraction of sp³-hybridized carbons (Fsp3) is 0.846. The Morgan fingerprint density at radius 3 is 1.96 bits per heavy atom. The van der Waals surface area contributed by atoms with Crippen LogP contribution in [-0.4, -0.2) is 55.6 Å². The Morgan fingerprint density at radius 2 is 1.58 bits per heavy atom. The van der Waals surface area contributed by atoms with Crippen molar-refractivity contribution in [2.24, 2.45) is 0 Å². The summed E-state index contributed by atoms with van der Waals surface area (Å²) in [5, 5.41) is 8.18. The highest BCUT2D eigenvalue weighted by molar-refractivity contribution is 7.81. The number of ketones is 1. The van der Waals surface area contributed by atoms with Gasteiger partial charge in [-0.05, 0) is 34.6 Å². The highest BCUT2D eigenvalue weighted by Gasteiger charge is 2.22. The first-order valence-electron chi connectivity index (χ1n) is 7.61. The molecule has 0 aliphatic carbocycles. The van der Waals surface area contributed by atoms with E-state index < -0.39 is 36.9 Å². The Kier molecular flexibility index (Phi) is 14.0. The molecular formula is C13H27O11PS. The lowest BCUT2D eigenvalue weighted by atomic mass is 10.3. The number of carboxylic acids is 1. The number of carboxylic acid groups (broad SMARTS) is 1. The predicted molar refractivity (Wildman–Crippen MR) is 90.6 cm³/mol. The summed E-state index contributed by atoms with van der Waals surface area (Å²) >= 11 is 0. The number of phosphoric acid groups is 1. The number of aliphatic carboxylic acids is 1. The van der Waals surface area contributed by atoms with Gasteiger partial charge >= 0.3 is 24.2 Å². The van der Waals surface area contributed by atoms with Gasteiger partial charge in [0.15, 0.2) is 0 Å². The third-order valence-electron chi connectivity index (χ3n) is 1.91. The Labute approximate surface area is 153 Å². The van der Waals surface area contributed by atoms with Crippen LogP contribution in [0.15, 0.2) is 0 Å². The van der Waals surface area contributed by atoms with E-state index >= 15 is 0 Å². The van der Waals surface area contributed by atoms with Gasteiger partial charge in [-0.25, -0.2) is 12.9 Å². The predicted octanol–water partition coefficient (Wildman–Crippen LogP) is 1.66. The molecule has 0 rings (SSSR count). The van der Waals surface area contributed by atoms with Gasteiger partial charge in [-0.1, -0.05) is 0 Å². The standard InChI is InChI=1S/C7H15O5P.C6H12O6S/c1-6(2)12-13(9,10)11-5-4-7(3)8;1-5(2)12-13(9,10)11-4-3-6(7)8/h6H,4-5H2,1-3H3,(H,9,10);5H,3-4H2,1-2H3,(H,7,8). The van der Waals surface area contributed by atoms with Crippen molar-refractivity contribution in [3.63, 3.8) is 0 Å². The van der Waals surface area contributed by atoms with Crippen LogP contribution in [0.5, 0.6) is 0 Å². The van der Waals surface area contributed by atoms with Crippen molar-refractivity contribution in [2.75, 3.05) is 13.2 Å². The van der Waals surface area contributed by atoms with Crippen LogP contribution in [0, 0.1) is 0 Å². The fourth-order valence-corrected chi connectivity index (χ4v) is 2.83. The lowest BCUT2D eigenvalue weighted by molar-refractivity contribution is -0.137. The average molecular weight is 422 g/mol. The normalized spacial score (nSPS) is 13.8. The molecule has 0 amide bonds. The van der Waals surface area contributed by atoms with E-state index in [1.807, 2.05) is 0 Å². The lowest BCUT2D eigenvalue weighted by Crippen LogP contribution is -2.16. The van der Waals surface area contributed by atoms with E-state index in [0.29, 0.717) is 0 Å². The molecule has 0 aliphatic rings. The molecule has 0 fully saturated rings. The highest BCUT2D eigenvalue weighted by Crippen LogP contribution is 2.44. The topological polar surface area (TPSA) is 163 Å². The molecule has 0 bridgehead atoms. The molecule has 0 aromatic rings. The molecule has 13 heteroatoms. The summed E-state index contributed by atoms with van der Waals surface area (Å²) in [6, 6.07) is 0. The van der Waals surface area contributed by atoms with Gasteiger partial charge in [-0.15, -0.1) is 0 Å². The maximum atomic E-state index is 11.0. The minimum absolute atomic E-state index is 0.0875. The van der Waals surface area contributed by atoms with Gasteiger partial charge < -0.3 is 10.00 Å². The maximum Gasteiger partial charge on any atom is 0.472 e. The number of carbonyl (C=O) groups is 2. The first-order chi connectivity index (χ1) is 11.7. The molecule has 0 aromatic carbocycles. The summed E-state index contributed by atoms with van der Waals surface area (Å²) in [6.07, 6.45) is -1.16. The van der Waals surface area contributed by atoms with Gasteiger partial charge in [0, 0.05) is 6.42 Å². The molecule has 0 aliphatic heterocycles. The Bertz CT molecular complexity index is 571. The Balaban J connectivity index is 0. The van der Waals surface area contributed by atoms with E-state index in [1.165, 1.54) is 20.8 Å². The third-order valence-corrected chi connectivity index (χ3v) is 4.18. The molecule has 0 aromatic heterocycles. The average Bonchev–Trinajstić information content (AvgIpc) is 2.34. The van der Waals surface area contributed by atoms with Crippen LogP contribution >= 0.6 is 7.82 Å². The van der Waals surface area contributed by atoms with Crippen LogP contribution < -0.4 is 0 Å². The largest absolute Gasteiger partial charge is 0.481 e. The lowest BCUT2D eigenvalue weighted by Gasteiger charge is -2.13. The first-order valence-corrected chi connectivity index (χ1v) is 10.4. The number of carbonyl (C=O) groups excluding carboxylic acids is 1. The number of hydrogen-bond donors (Lipinski definition) is 2. The molecule has 0 spiro atoms. The molecule has 1 unspecified atom stereocenters. The third kappa shape index (κ3) is 21.2. The summed E-state index contributed by atoms with van der Waals surface area (Å²) in [5.74, 6) is -1.22. The number of hydrogen-bond acceptors (Lipinski definition) is 9. The Hall–Kier alpha value is -0.880. The number of phosphoric ester groups is 1. The van der Waals surface area contributed by atoms with E-state index in [9.17, 15) is 22.6 Å². The summed E-state index contributed by atoms with van der Waals surface area (Å²) in [7, 11) is -8.00. The smallest absolute Gasteiger partial charge is 0.472 e. The van der Waals surface area contributed by atoms with E-state index in [1.54, 1.807) is 13.8 Å². The second-order valence-corrected chi connectivity index (χ2v) is 8.08. The van der Waals surface area contributed by atoms with Crippen LogP contribution in [-0.2, 0) is 42.0 Å². The van der Waals surface area contributed by atoms with Crippen LogP contribution in [0.25, 0.3) is 0 Å². The molecule has 11 nitrogen and oxygen atoms in total. The zero-order chi connectivity index (χ0) is 21.0. The van der Waals surface area contributed by atoms with Crippen molar-refractivity contribution in [1.82, 2.24) is 0 Å². The molecular weight excluding hydrogens is 395 g/mol. The molecule has 0 heterocycles. The van der Waals surface area contributed by atoms with Crippen molar-refractivity contribution in [3.8, 4) is 0 Å². The van der Waals surface area contributed by atoms with E-state index in [-0.39, 0.29) is 31.3 Å².